The molecule has 0 spiro atoms. The van der Waals surface area contributed by atoms with E-state index in [9.17, 15) is 14.7 Å². The molecule has 7 nitrogen and oxygen atoms in total. The number of anilines is 2. The minimum Gasteiger partial charge on any atom is -0.496 e. The van der Waals surface area contributed by atoms with E-state index in [0.717, 1.165) is 16.5 Å². The van der Waals surface area contributed by atoms with Crippen LogP contribution in [0.5, 0.6) is 5.75 Å². The molecule has 4 unspecified atom stereocenters. The molecule has 2 heterocycles. The van der Waals surface area contributed by atoms with Crippen LogP contribution in [-0.2, 0) is 9.59 Å². The Hall–Kier alpha value is -4.46. The summed E-state index contributed by atoms with van der Waals surface area (Å²) in [5.74, 6) is -0.226. The molecule has 0 bridgehead atoms. The topological polar surface area (TPSA) is 82.1 Å². The Kier molecular flexibility index (Phi) is 7.07. The zero-order valence-corrected chi connectivity index (χ0v) is 23.3. The van der Waals surface area contributed by atoms with Gasteiger partial charge < -0.3 is 15.3 Å². The highest BCUT2D eigenvalue weighted by molar-refractivity contribution is 6.24. The normalized spacial score (nSPS) is 21.4. The number of ether oxygens (including phenoxy) is 1. The van der Waals surface area contributed by atoms with Gasteiger partial charge in [0.1, 0.15) is 17.9 Å². The van der Waals surface area contributed by atoms with Gasteiger partial charge in [0.05, 0.1) is 24.8 Å². The van der Waals surface area contributed by atoms with Gasteiger partial charge in [0, 0.05) is 11.1 Å². The van der Waals surface area contributed by atoms with Crippen LogP contribution in [0.4, 0.5) is 11.4 Å². The van der Waals surface area contributed by atoms with E-state index in [1.165, 1.54) is 10.5 Å². The molecular weight excluding hydrogens is 514 g/mol. The number of aliphatic hydroxyl groups is 1. The Morgan fingerprint density at radius 2 is 1.49 bits per heavy atom. The molecule has 0 aromatic heterocycles. The predicted octanol–water partition coefficient (Wildman–Crippen LogP) is 5.83. The average molecular weight is 548 g/mol. The summed E-state index contributed by atoms with van der Waals surface area (Å²) in [4.78, 5) is 28.8. The number of carbonyl (C=O) groups is 2. The fraction of sp³-hybridized carbons (Fsp3) is 0.235. The van der Waals surface area contributed by atoms with Crippen molar-refractivity contribution in [2.24, 2.45) is 5.92 Å². The van der Waals surface area contributed by atoms with Crippen molar-refractivity contribution < 1.29 is 19.4 Å². The summed E-state index contributed by atoms with van der Waals surface area (Å²) in [6, 6.07) is 27.0. The summed E-state index contributed by atoms with van der Waals surface area (Å²) in [5.41, 5.74) is 6.60. The van der Waals surface area contributed by atoms with Crippen LogP contribution in [0.2, 0.25) is 0 Å². The molecule has 0 aliphatic carbocycles. The van der Waals surface area contributed by atoms with Crippen LogP contribution < -0.4 is 15.1 Å². The molecule has 4 aromatic carbocycles. The van der Waals surface area contributed by atoms with Crippen molar-refractivity contribution in [1.82, 2.24) is 5.01 Å². The van der Waals surface area contributed by atoms with Gasteiger partial charge in [-0.1, -0.05) is 86.7 Å². The Labute approximate surface area is 239 Å². The summed E-state index contributed by atoms with van der Waals surface area (Å²) < 4.78 is 5.56. The number of hydrogen-bond acceptors (Lipinski definition) is 6. The average Bonchev–Trinajstić information content (AvgIpc) is 3.26. The molecule has 6 rings (SSSR count). The van der Waals surface area contributed by atoms with Gasteiger partial charge in [-0.05, 0) is 52.8 Å². The Bertz CT molecular complexity index is 1620. The second-order valence-electron chi connectivity index (χ2n) is 10.8. The number of hydrogen-bond donors (Lipinski definition) is 2. The van der Waals surface area contributed by atoms with Gasteiger partial charge in [-0.3, -0.25) is 9.59 Å². The maximum atomic E-state index is 14.0. The monoisotopic (exact) mass is 547 g/mol. The zero-order chi connectivity index (χ0) is 28.7. The molecule has 41 heavy (non-hydrogen) atoms. The number of aliphatic hydroxyl groups excluding tert-OH is 1. The minimum absolute atomic E-state index is 0.285. The lowest BCUT2D eigenvalue weighted by Gasteiger charge is -2.41. The molecule has 208 valence electrons. The van der Waals surface area contributed by atoms with Gasteiger partial charge >= 0.3 is 0 Å². The van der Waals surface area contributed by atoms with Crippen molar-refractivity contribution in [1.29, 1.82) is 0 Å². The summed E-state index contributed by atoms with van der Waals surface area (Å²) in [6.45, 7) is 4.27. The van der Waals surface area contributed by atoms with Gasteiger partial charge in [-0.25, -0.2) is 9.91 Å². The molecule has 2 aliphatic heterocycles. The zero-order valence-electron chi connectivity index (χ0n) is 23.3. The fourth-order valence-corrected chi connectivity index (χ4v) is 5.91. The number of carbonyl (C=O) groups excluding carboxylic acids is 2. The maximum Gasteiger partial charge on any atom is 0.254 e. The van der Waals surface area contributed by atoms with Crippen LogP contribution in [0.15, 0.2) is 103 Å². The molecule has 2 aliphatic rings. The molecular formula is C34H33N3O4. The van der Waals surface area contributed by atoms with Crippen molar-refractivity contribution in [3.63, 3.8) is 0 Å². The summed E-state index contributed by atoms with van der Waals surface area (Å²) in [7, 11) is 1.62. The molecule has 1 fully saturated rings. The minimum atomic E-state index is -1.01. The molecule has 2 N–H and O–H groups in total. The van der Waals surface area contributed by atoms with Crippen molar-refractivity contribution in [2.75, 3.05) is 17.4 Å². The number of benzene rings is 4. The standard InChI is InChI=1S/C34H33N3O4/c1-21(2)22-13-15-23(16-14-22)35-37-29(32(38)27-18-20-30(41-3)26-12-8-7-11-25(26)27)19-17-28-31(37)34(40)36(33(28)39)24-9-5-4-6-10-24/h4-21,28-29,31-32,35,38H,1-3H3. The van der Waals surface area contributed by atoms with Gasteiger partial charge in [0.2, 0.25) is 5.91 Å². The van der Waals surface area contributed by atoms with Gasteiger partial charge in [-0.2, -0.15) is 0 Å². The molecule has 4 atom stereocenters. The van der Waals surface area contributed by atoms with Gasteiger partial charge in [0.15, 0.2) is 0 Å². The third kappa shape index (κ3) is 4.67. The number of nitrogens with one attached hydrogen (secondary N) is 1. The number of rotatable bonds is 7. The first kappa shape index (κ1) is 26.7. The third-order valence-electron chi connectivity index (χ3n) is 8.09. The molecule has 4 aromatic rings. The van der Waals surface area contributed by atoms with Crippen LogP contribution in [0.25, 0.3) is 10.8 Å². The first-order valence-electron chi connectivity index (χ1n) is 13.9. The third-order valence-corrected chi connectivity index (χ3v) is 8.09. The number of amides is 2. The highest BCUT2D eigenvalue weighted by Crippen LogP contribution is 2.40. The second kappa shape index (κ2) is 10.8. The fourth-order valence-electron chi connectivity index (χ4n) is 5.91. The van der Waals surface area contributed by atoms with E-state index < -0.39 is 24.1 Å². The largest absolute Gasteiger partial charge is 0.496 e. The van der Waals surface area contributed by atoms with Crippen LogP contribution >= 0.6 is 0 Å². The van der Waals surface area contributed by atoms with Crippen molar-refractivity contribution in [3.05, 3.63) is 114 Å². The number of para-hydroxylation sites is 1. The van der Waals surface area contributed by atoms with Crippen LogP contribution in [0.3, 0.4) is 0 Å². The summed E-state index contributed by atoms with van der Waals surface area (Å²) >= 11 is 0. The van der Waals surface area contributed by atoms with Gasteiger partial charge in [-0.15, -0.1) is 0 Å². The van der Waals surface area contributed by atoms with E-state index in [0.29, 0.717) is 22.9 Å². The molecule has 0 radical (unpaired) electrons. The van der Waals surface area contributed by atoms with E-state index in [4.69, 9.17) is 4.74 Å². The lowest BCUT2D eigenvalue weighted by atomic mass is 9.89. The van der Waals surface area contributed by atoms with E-state index in [-0.39, 0.29) is 11.8 Å². The SMILES string of the molecule is COc1ccc(C(O)C2C=CC3C(=O)N(c4ccccc4)C(=O)C3N2Nc2ccc(C(C)C)cc2)c2ccccc12. The summed E-state index contributed by atoms with van der Waals surface area (Å²) in [5, 5.41) is 15.4. The second-order valence-corrected chi connectivity index (χ2v) is 10.8. The van der Waals surface area contributed by atoms with Crippen LogP contribution in [0, 0.1) is 5.92 Å². The Morgan fingerprint density at radius 3 is 2.17 bits per heavy atom. The highest BCUT2D eigenvalue weighted by Gasteiger charge is 2.54. The number of methoxy groups -OCH3 is 1. The van der Waals surface area contributed by atoms with Gasteiger partial charge in [0.25, 0.3) is 5.91 Å². The lowest BCUT2D eigenvalue weighted by molar-refractivity contribution is -0.123. The van der Waals surface area contributed by atoms with E-state index in [2.05, 4.69) is 19.3 Å². The first-order valence-corrected chi connectivity index (χ1v) is 13.9. The van der Waals surface area contributed by atoms with E-state index >= 15 is 0 Å². The molecule has 1 saturated heterocycles. The van der Waals surface area contributed by atoms with Crippen molar-refractivity contribution >= 4 is 34.0 Å². The van der Waals surface area contributed by atoms with Crippen LogP contribution in [-0.4, -0.2) is 41.1 Å². The highest BCUT2D eigenvalue weighted by atomic mass is 16.5. The maximum absolute atomic E-state index is 14.0. The predicted molar refractivity (Wildman–Crippen MR) is 161 cm³/mol. The van der Waals surface area contributed by atoms with E-state index in [1.54, 1.807) is 42.5 Å². The molecule has 0 saturated carbocycles. The van der Waals surface area contributed by atoms with E-state index in [1.807, 2.05) is 72.8 Å². The number of hydrazine groups is 1. The quantitative estimate of drug-likeness (QED) is 0.224. The van der Waals surface area contributed by atoms with Crippen LogP contribution in [0.1, 0.15) is 37.0 Å². The molecule has 7 heteroatoms. The summed E-state index contributed by atoms with van der Waals surface area (Å²) in [6.07, 6.45) is 2.59. The lowest BCUT2D eigenvalue weighted by Crippen LogP contribution is -2.55. The number of imide groups is 1. The van der Waals surface area contributed by atoms with Crippen molar-refractivity contribution in [2.45, 2.75) is 38.0 Å². The molecule has 2 amide bonds. The number of nitrogens with zero attached hydrogens (tertiary/aromatic N) is 2. The first-order chi connectivity index (χ1) is 19.9. The number of fused-ring (bicyclic) bond motifs is 2. The Morgan fingerprint density at radius 1 is 0.805 bits per heavy atom. The Balaban J connectivity index is 1.42. The van der Waals surface area contributed by atoms with Crippen molar-refractivity contribution in [3.8, 4) is 5.75 Å². The smallest absolute Gasteiger partial charge is 0.254 e.